The van der Waals surface area contributed by atoms with Crippen LogP contribution in [0, 0.1) is 0 Å². The summed E-state index contributed by atoms with van der Waals surface area (Å²) in [6, 6.07) is 0.136. The van der Waals surface area contributed by atoms with Crippen LogP contribution >= 0.6 is 15.9 Å². The van der Waals surface area contributed by atoms with Crippen LogP contribution < -0.4 is 0 Å². The lowest BCUT2D eigenvalue weighted by Gasteiger charge is -2.38. The molecule has 1 unspecified atom stereocenters. The Labute approximate surface area is 104 Å². The predicted molar refractivity (Wildman–Crippen MR) is 65.3 cm³/mol. The largest absolute Gasteiger partial charge is 0.339 e. The molecule has 0 radical (unpaired) electrons. The molecule has 0 aromatic heterocycles. The van der Waals surface area contributed by atoms with Gasteiger partial charge in [0.05, 0.1) is 16.3 Å². The van der Waals surface area contributed by atoms with E-state index >= 15 is 0 Å². The van der Waals surface area contributed by atoms with Crippen molar-refractivity contribution in [3.05, 3.63) is 0 Å². The van der Waals surface area contributed by atoms with Gasteiger partial charge in [0.2, 0.25) is 5.91 Å². The molecule has 92 valence electrons. The molecule has 6 heteroatoms. The molecular formula is C10H16BrNO3S. The average Bonchev–Trinajstić information content (AvgIpc) is 2.23. The number of piperidine rings is 1. The van der Waals surface area contributed by atoms with E-state index in [1.54, 1.807) is 0 Å². The molecule has 1 atom stereocenters. The van der Waals surface area contributed by atoms with E-state index in [0.29, 0.717) is 12.8 Å². The van der Waals surface area contributed by atoms with Crippen LogP contribution in [0.3, 0.4) is 0 Å². The van der Waals surface area contributed by atoms with Crippen LogP contribution in [0.2, 0.25) is 0 Å². The van der Waals surface area contributed by atoms with E-state index in [-0.39, 0.29) is 28.3 Å². The van der Waals surface area contributed by atoms with Crippen molar-refractivity contribution in [2.24, 2.45) is 0 Å². The highest BCUT2D eigenvalue weighted by molar-refractivity contribution is 9.10. The van der Waals surface area contributed by atoms with Gasteiger partial charge in [-0.15, -0.1) is 0 Å². The molecule has 2 fully saturated rings. The first kappa shape index (κ1) is 12.4. The highest BCUT2D eigenvalue weighted by Crippen LogP contribution is 2.25. The molecule has 1 amide bonds. The van der Waals surface area contributed by atoms with E-state index in [1.165, 1.54) is 0 Å². The Bertz CT molecular complexity index is 368. The number of amides is 1. The Morgan fingerprint density at radius 2 is 1.81 bits per heavy atom. The minimum absolute atomic E-state index is 0.0696. The molecule has 16 heavy (non-hydrogen) atoms. The van der Waals surface area contributed by atoms with Crippen LogP contribution in [-0.2, 0) is 14.6 Å². The number of likely N-dealkylation sites (tertiary alicyclic amines) is 1. The Morgan fingerprint density at radius 3 is 2.44 bits per heavy atom. The zero-order chi connectivity index (χ0) is 11.8. The zero-order valence-corrected chi connectivity index (χ0v) is 11.5. The second-order valence-corrected chi connectivity index (χ2v) is 7.93. The lowest BCUT2D eigenvalue weighted by Crippen LogP contribution is -2.50. The molecule has 0 bridgehead atoms. The van der Waals surface area contributed by atoms with Gasteiger partial charge in [-0.2, -0.15) is 0 Å². The Kier molecular flexibility index (Phi) is 3.59. The van der Waals surface area contributed by atoms with Crippen molar-refractivity contribution in [2.45, 2.75) is 36.6 Å². The maximum Gasteiger partial charge on any atom is 0.236 e. The number of sulfone groups is 1. The highest BCUT2D eigenvalue weighted by Gasteiger charge is 2.34. The summed E-state index contributed by atoms with van der Waals surface area (Å²) in [7, 11) is -2.84. The van der Waals surface area contributed by atoms with E-state index in [4.69, 9.17) is 0 Å². The number of rotatable bonds is 1. The molecule has 2 aliphatic heterocycles. The fraction of sp³-hybridized carbons (Fsp3) is 0.900. The summed E-state index contributed by atoms with van der Waals surface area (Å²) in [5.41, 5.74) is 0. The minimum Gasteiger partial charge on any atom is -0.339 e. The van der Waals surface area contributed by atoms with E-state index < -0.39 is 9.84 Å². The van der Waals surface area contributed by atoms with E-state index in [1.807, 2.05) is 4.90 Å². The summed E-state index contributed by atoms with van der Waals surface area (Å²) in [4.78, 5) is 13.7. The number of hydrogen-bond acceptors (Lipinski definition) is 3. The fourth-order valence-electron chi connectivity index (χ4n) is 2.41. The first-order chi connectivity index (χ1) is 7.49. The summed E-state index contributed by atoms with van der Waals surface area (Å²) < 4.78 is 22.6. The number of halogens is 1. The van der Waals surface area contributed by atoms with Gasteiger partial charge >= 0.3 is 0 Å². The second kappa shape index (κ2) is 4.64. The molecule has 2 aliphatic rings. The number of hydrogen-bond donors (Lipinski definition) is 0. The van der Waals surface area contributed by atoms with Crippen LogP contribution in [0.15, 0.2) is 0 Å². The first-order valence-electron chi connectivity index (χ1n) is 5.64. The van der Waals surface area contributed by atoms with Gasteiger partial charge in [0.1, 0.15) is 9.84 Å². The SMILES string of the molecule is O=C1C(Br)CCCN1C1CCS(=O)(=O)CC1. The third-order valence-electron chi connectivity index (χ3n) is 3.37. The molecule has 0 aliphatic carbocycles. The Morgan fingerprint density at radius 1 is 1.19 bits per heavy atom. The van der Waals surface area contributed by atoms with E-state index in [2.05, 4.69) is 15.9 Å². The number of alkyl halides is 1. The van der Waals surface area contributed by atoms with Gasteiger partial charge in [-0.05, 0) is 25.7 Å². The molecule has 0 N–H and O–H groups in total. The third-order valence-corrected chi connectivity index (χ3v) is 5.94. The second-order valence-electron chi connectivity index (χ2n) is 4.52. The van der Waals surface area contributed by atoms with Crippen LogP contribution in [0.1, 0.15) is 25.7 Å². The maximum absolute atomic E-state index is 11.9. The third kappa shape index (κ3) is 2.59. The quantitative estimate of drug-likeness (QED) is 0.678. The molecule has 0 spiro atoms. The minimum atomic E-state index is -2.84. The van der Waals surface area contributed by atoms with E-state index in [0.717, 1.165) is 19.4 Å². The van der Waals surface area contributed by atoms with Gasteiger partial charge in [-0.25, -0.2) is 8.42 Å². The number of carbonyl (C=O) groups is 1. The lowest BCUT2D eigenvalue weighted by atomic mass is 10.0. The number of carbonyl (C=O) groups excluding carboxylic acids is 1. The number of nitrogens with zero attached hydrogens (tertiary/aromatic N) is 1. The molecule has 2 rings (SSSR count). The topological polar surface area (TPSA) is 54.5 Å². The summed E-state index contributed by atoms with van der Waals surface area (Å²) >= 11 is 3.37. The predicted octanol–water partition coefficient (Wildman–Crippen LogP) is 0.950. The van der Waals surface area contributed by atoms with Gasteiger partial charge in [0.25, 0.3) is 0 Å². The van der Waals surface area contributed by atoms with Gasteiger partial charge in [-0.3, -0.25) is 4.79 Å². The smallest absolute Gasteiger partial charge is 0.236 e. The standard InChI is InChI=1S/C10H16BrNO3S/c11-9-2-1-5-12(10(9)13)8-3-6-16(14,15)7-4-8/h8-9H,1-7H2. The highest BCUT2D eigenvalue weighted by atomic mass is 79.9. The maximum atomic E-state index is 11.9. The van der Waals surface area contributed by atoms with E-state index in [9.17, 15) is 13.2 Å². The molecule has 0 aromatic rings. The van der Waals surface area contributed by atoms with Crippen molar-refractivity contribution in [1.82, 2.24) is 4.90 Å². The van der Waals surface area contributed by atoms with Gasteiger partial charge in [0.15, 0.2) is 0 Å². The van der Waals surface area contributed by atoms with Crippen LogP contribution in [0.25, 0.3) is 0 Å². The van der Waals surface area contributed by atoms with Gasteiger partial charge in [0, 0.05) is 12.6 Å². The van der Waals surface area contributed by atoms with Crippen molar-refractivity contribution in [3.63, 3.8) is 0 Å². The average molecular weight is 310 g/mol. The molecule has 4 nitrogen and oxygen atoms in total. The normalized spacial score (nSPS) is 31.7. The lowest BCUT2D eigenvalue weighted by molar-refractivity contribution is -0.135. The zero-order valence-electron chi connectivity index (χ0n) is 9.06. The summed E-state index contributed by atoms with van der Waals surface area (Å²) in [5, 5.41) is 0. The van der Waals surface area contributed by atoms with Gasteiger partial charge in [-0.1, -0.05) is 15.9 Å². The van der Waals surface area contributed by atoms with Crippen LogP contribution in [0.4, 0.5) is 0 Å². The first-order valence-corrected chi connectivity index (χ1v) is 8.38. The molecular weight excluding hydrogens is 294 g/mol. The summed E-state index contributed by atoms with van der Waals surface area (Å²) in [6.45, 7) is 0.783. The molecule has 2 saturated heterocycles. The van der Waals surface area contributed by atoms with Crippen molar-refractivity contribution < 1.29 is 13.2 Å². The molecule has 2 heterocycles. The summed E-state index contributed by atoms with van der Waals surface area (Å²) in [5.74, 6) is 0.596. The van der Waals surface area contributed by atoms with Crippen LogP contribution in [0.5, 0.6) is 0 Å². The Hall–Kier alpha value is -0.100. The van der Waals surface area contributed by atoms with Crippen molar-refractivity contribution in [3.8, 4) is 0 Å². The fourth-order valence-corrected chi connectivity index (χ4v) is 4.46. The van der Waals surface area contributed by atoms with Crippen molar-refractivity contribution >= 4 is 31.7 Å². The molecule has 0 aromatic carbocycles. The van der Waals surface area contributed by atoms with Crippen LogP contribution in [-0.4, -0.2) is 48.1 Å². The van der Waals surface area contributed by atoms with Crippen molar-refractivity contribution in [2.75, 3.05) is 18.1 Å². The van der Waals surface area contributed by atoms with Crippen molar-refractivity contribution in [1.29, 1.82) is 0 Å². The van der Waals surface area contributed by atoms with Gasteiger partial charge < -0.3 is 4.90 Å². The Balaban J connectivity index is 2.01. The molecule has 0 saturated carbocycles. The summed E-state index contributed by atoms with van der Waals surface area (Å²) in [6.07, 6.45) is 3.10. The monoisotopic (exact) mass is 309 g/mol.